The van der Waals surface area contributed by atoms with E-state index in [-0.39, 0.29) is 0 Å². The highest BCUT2D eigenvalue weighted by Gasteiger charge is 1.98. The first-order valence-corrected chi connectivity index (χ1v) is 8.40. The quantitative estimate of drug-likeness (QED) is 0.652. The molecule has 0 heterocycles. The molecule has 0 fully saturated rings. The van der Waals surface area contributed by atoms with E-state index in [1.54, 1.807) is 0 Å². The van der Waals surface area contributed by atoms with Gasteiger partial charge in [0.2, 0.25) is 0 Å². The van der Waals surface area contributed by atoms with Gasteiger partial charge in [-0.1, -0.05) is 35.9 Å². The molecule has 0 atom stereocenters. The minimum Gasteiger partial charge on any atom is -0.489 e. The summed E-state index contributed by atoms with van der Waals surface area (Å²) < 4.78 is 11.1. The Balaban J connectivity index is 1.70. The summed E-state index contributed by atoms with van der Waals surface area (Å²) in [5.41, 5.74) is 2.31. The van der Waals surface area contributed by atoms with Crippen LogP contribution < -0.4 is 10.1 Å². The minimum absolute atomic E-state index is 0.523. The number of hydrogen-bond donors (Lipinski definition) is 1. The van der Waals surface area contributed by atoms with Gasteiger partial charge in [-0.3, -0.25) is 0 Å². The average Bonchev–Trinajstić information content (AvgIpc) is 2.57. The molecule has 0 aromatic heterocycles. The molecule has 3 nitrogen and oxygen atoms in total. The van der Waals surface area contributed by atoms with Gasteiger partial charge in [-0.15, -0.1) is 0 Å². The van der Waals surface area contributed by atoms with E-state index in [9.17, 15) is 0 Å². The monoisotopic (exact) mass is 333 g/mol. The maximum Gasteiger partial charge on any atom is 0.119 e. The normalized spacial score (nSPS) is 10.7. The van der Waals surface area contributed by atoms with E-state index in [1.165, 1.54) is 5.56 Å². The predicted octanol–water partition coefficient (Wildman–Crippen LogP) is 4.44. The van der Waals surface area contributed by atoms with Crippen molar-refractivity contribution >= 4 is 11.6 Å². The van der Waals surface area contributed by atoms with E-state index in [1.807, 2.05) is 43.3 Å². The lowest BCUT2D eigenvalue weighted by atomic mass is 10.2. The molecule has 1 N–H and O–H groups in total. The van der Waals surface area contributed by atoms with E-state index in [2.05, 4.69) is 17.4 Å². The molecular formula is C19H24ClNO2. The smallest absolute Gasteiger partial charge is 0.119 e. The van der Waals surface area contributed by atoms with E-state index >= 15 is 0 Å². The number of halogens is 1. The maximum atomic E-state index is 5.97. The Labute approximate surface area is 143 Å². The van der Waals surface area contributed by atoms with Crippen LogP contribution in [0.25, 0.3) is 0 Å². The standard InChI is InChI=1S/C19H24ClNO2/c1-2-22-12-4-11-21-14-16-7-9-19(10-8-16)23-15-17-5-3-6-18(20)13-17/h3,5-10,13,21H,2,4,11-12,14-15H2,1H3. The van der Waals surface area contributed by atoms with Crippen molar-refractivity contribution in [1.82, 2.24) is 5.32 Å². The Morgan fingerprint density at radius 2 is 1.87 bits per heavy atom. The molecule has 0 radical (unpaired) electrons. The highest BCUT2D eigenvalue weighted by Crippen LogP contribution is 2.16. The molecule has 0 unspecified atom stereocenters. The maximum absolute atomic E-state index is 5.97. The Hall–Kier alpha value is -1.55. The Kier molecular flexibility index (Phi) is 7.95. The number of ether oxygens (including phenoxy) is 2. The van der Waals surface area contributed by atoms with Crippen LogP contribution in [-0.4, -0.2) is 19.8 Å². The van der Waals surface area contributed by atoms with Crippen molar-refractivity contribution in [3.8, 4) is 5.75 Å². The Morgan fingerprint density at radius 3 is 2.61 bits per heavy atom. The molecule has 2 aromatic rings. The third kappa shape index (κ3) is 7.04. The van der Waals surface area contributed by atoms with Crippen molar-refractivity contribution in [3.63, 3.8) is 0 Å². The average molecular weight is 334 g/mol. The van der Waals surface area contributed by atoms with Gasteiger partial charge in [0.1, 0.15) is 12.4 Å². The first-order valence-electron chi connectivity index (χ1n) is 8.02. The zero-order valence-electron chi connectivity index (χ0n) is 13.6. The number of benzene rings is 2. The molecule has 0 aliphatic rings. The van der Waals surface area contributed by atoms with Gasteiger partial charge >= 0.3 is 0 Å². The molecule has 0 spiro atoms. The third-order valence-electron chi connectivity index (χ3n) is 3.39. The van der Waals surface area contributed by atoms with Gasteiger partial charge in [-0.2, -0.15) is 0 Å². The van der Waals surface area contributed by atoms with Crippen molar-refractivity contribution in [3.05, 3.63) is 64.7 Å². The van der Waals surface area contributed by atoms with Crippen molar-refractivity contribution in [1.29, 1.82) is 0 Å². The molecule has 0 bridgehead atoms. The molecule has 23 heavy (non-hydrogen) atoms. The van der Waals surface area contributed by atoms with Gasteiger partial charge in [-0.05, 0) is 55.3 Å². The number of nitrogens with one attached hydrogen (secondary N) is 1. The van der Waals surface area contributed by atoms with Crippen LogP contribution in [0.3, 0.4) is 0 Å². The van der Waals surface area contributed by atoms with Crippen LogP contribution >= 0.6 is 11.6 Å². The number of rotatable bonds is 10. The molecule has 0 aliphatic carbocycles. The molecular weight excluding hydrogens is 310 g/mol. The summed E-state index contributed by atoms with van der Waals surface area (Å²) in [6, 6.07) is 15.9. The van der Waals surface area contributed by atoms with E-state index < -0.39 is 0 Å². The first-order chi connectivity index (χ1) is 11.3. The van der Waals surface area contributed by atoms with Gasteiger partial charge in [0.05, 0.1) is 0 Å². The molecule has 0 saturated heterocycles. The summed E-state index contributed by atoms with van der Waals surface area (Å²) in [5.74, 6) is 0.866. The Bertz CT molecular complexity index is 572. The van der Waals surface area contributed by atoms with Gasteiger partial charge in [0, 0.05) is 24.8 Å². The lowest BCUT2D eigenvalue weighted by Crippen LogP contribution is -2.16. The second kappa shape index (κ2) is 10.3. The van der Waals surface area contributed by atoms with Crippen LogP contribution in [0.5, 0.6) is 5.75 Å². The van der Waals surface area contributed by atoms with E-state index in [4.69, 9.17) is 21.1 Å². The second-order valence-corrected chi connectivity index (χ2v) is 5.73. The molecule has 0 aliphatic heterocycles. The van der Waals surface area contributed by atoms with Gasteiger partial charge in [-0.25, -0.2) is 0 Å². The molecule has 0 saturated carbocycles. The highest BCUT2D eigenvalue weighted by atomic mass is 35.5. The fraction of sp³-hybridized carbons (Fsp3) is 0.368. The zero-order valence-corrected chi connectivity index (χ0v) is 14.3. The van der Waals surface area contributed by atoms with Crippen LogP contribution in [0.15, 0.2) is 48.5 Å². The SMILES string of the molecule is CCOCCCNCc1ccc(OCc2cccc(Cl)c2)cc1. The van der Waals surface area contributed by atoms with Crippen LogP contribution in [0.4, 0.5) is 0 Å². The fourth-order valence-electron chi connectivity index (χ4n) is 2.17. The van der Waals surface area contributed by atoms with E-state index in [0.717, 1.165) is 49.1 Å². The van der Waals surface area contributed by atoms with Crippen molar-refractivity contribution in [2.75, 3.05) is 19.8 Å². The molecule has 2 rings (SSSR count). The van der Waals surface area contributed by atoms with Crippen LogP contribution in [-0.2, 0) is 17.9 Å². The van der Waals surface area contributed by atoms with Crippen LogP contribution in [0.1, 0.15) is 24.5 Å². The molecule has 0 amide bonds. The minimum atomic E-state index is 0.523. The largest absolute Gasteiger partial charge is 0.489 e. The molecule has 124 valence electrons. The summed E-state index contributed by atoms with van der Waals surface area (Å²) in [5, 5.41) is 4.14. The third-order valence-corrected chi connectivity index (χ3v) is 3.63. The summed E-state index contributed by atoms with van der Waals surface area (Å²) >= 11 is 5.97. The summed E-state index contributed by atoms with van der Waals surface area (Å²) in [6.45, 7) is 5.98. The van der Waals surface area contributed by atoms with E-state index in [0.29, 0.717) is 6.61 Å². The van der Waals surface area contributed by atoms with Crippen LogP contribution in [0.2, 0.25) is 5.02 Å². The second-order valence-electron chi connectivity index (χ2n) is 5.29. The summed E-state index contributed by atoms with van der Waals surface area (Å²) in [7, 11) is 0. The van der Waals surface area contributed by atoms with Gasteiger partial charge in [0.15, 0.2) is 0 Å². The lowest BCUT2D eigenvalue weighted by molar-refractivity contribution is 0.144. The predicted molar refractivity (Wildman–Crippen MR) is 95.0 cm³/mol. The van der Waals surface area contributed by atoms with Gasteiger partial charge in [0.25, 0.3) is 0 Å². The summed E-state index contributed by atoms with van der Waals surface area (Å²) in [4.78, 5) is 0. The van der Waals surface area contributed by atoms with Crippen molar-refractivity contribution < 1.29 is 9.47 Å². The molecule has 2 aromatic carbocycles. The zero-order chi connectivity index (χ0) is 16.3. The topological polar surface area (TPSA) is 30.5 Å². The van der Waals surface area contributed by atoms with Gasteiger partial charge < -0.3 is 14.8 Å². The Morgan fingerprint density at radius 1 is 1.04 bits per heavy atom. The highest BCUT2D eigenvalue weighted by molar-refractivity contribution is 6.30. The van der Waals surface area contributed by atoms with Crippen molar-refractivity contribution in [2.45, 2.75) is 26.5 Å². The van der Waals surface area contributed by atoms with Crippen LogP contribution in [0, 0.1) is 0 Å². The lowest BCUT2D eigenvalue weighted by Gasteiger charge is -2.08. The summed E-state index contributed by atoms with van der Waals surface area (Å²) in [6.07, 6.45) is 1.04. The number of hydrogen-bond acceptors (Lipinski definition) is 3. The first kappa shape index (κ1) is 17.8. The fourth-order valence-corrected chi connectivity index (χ4v) is 2.39. The van der Waals surface area contributed by atoms with Crippen molar-refractivity contribution in [2.24, 2.45) is 0 Å². The molecule has 4 heteroatoms.